The average Bonchev–Trinajstić information content (AvgIpc) is 2.71. The van der Waals surface area contributed by atoms with Crippen molar-refractivity contribution in [2.45, 2.75) is 11.5 Å². The van der Waals surface area contributed by atoms with Gasteiger partial charge in [-0.2, -0.15) is 0 Å². The second-order valence-corrected chi connectivity index (χ2v) is 8.16. The quantitative estimate of drug-likeness (QED) is 0.616. The molecule has 1 heterocycles. The van der Waals surface area contributed by atoms with Gasteiger partial charge in [-0.05, 0) is 42.0 Å². The third-order valence-corrected chi connectivity index (χ3v) is 5.45. The van der Waals surface area contributed by atoms with Gasteiger partial charge in [0, 0.05) is 21.7 Å². The molecule has 3 aromatic rings. The summed E-state index contributed by atoms with van der Waals surface area (Å²) in [7, 11) is -0.816. The van der Waals surface area contributed by atoms with Crippen LogP contribution in [0.25, 0.3) is 22.4 Å². The smallest absolute Gasteiger partial charge is 0.238 e. The van der Waals surface area contributed by atoms with Crippen molar-refractivity contribution < 1.29 is 23.0 Å². The Balaban J connectivity index is 2.26. The lowest BCUT2D eigenvalue weighted by Crippen LogP contribution is -2.11. The normalized spacial score (nSPS) is 11.3. The summed E-state index contributed by atoms with van der Waals surface area (Å²) in [5, 5.41) is 15.3. The van der Waals surface area contributed by atoms with Crippen LogP contribution in [-0.2, 0) is 16.6 Å². The monoisotopic (exact) mass is 434 g/mol. The number of hydrogen-bond acceptors (Lipinski definition) is 6. The fraction of sp³-hybridized carbons (Fsp3) is 0.150. The van der Waals surface area contributed by atoms with Gasteiger partial charge >= 0.3 is 0 Å². The highest BCUT2D eigenvalue weighted by Crippen LogP contribution is 2.37. The Morgan fingerprint density at radius 3 is 2.28 bits per heavy atom. The number of sulfonamides is 1. The van der Waals surface area contributed by atoms with Crippen LogP contribution >= 0.6 is 11.6 Å². The Bertz CT molecular complexity index is 1150. The average molecular weight is 435 g/mol. The van der Waals surface area contributed by atoms with Crippen molar-refractivity contribution in [2.24, 2.45) is 5.14 Å². The Morgan fingerprint density at radius 1 is 1.03 bits per heavy atom. The molecule has 3 N–H and O–H groups in total. The highest BCUT2D eigenvalue weighted by molar-refractivity contribution is 7.89. The molecule has 0 radical (unpaired) electrons. The van der Waals surface area contributed by atoms with E-state index in [1.807, 2.05) is 0 Å². The first-order valence-electron chi connectivity index (χ1n) is 8.43. The SMILES string of the molecule is COc1cc(Cl)cc(-c2nc(OC)c(CO)cc2-c2ccc(S(N)(=O)=O)cc2)c1. The van der Waals surface area contributed by atoms with Crippen LogP contribution in [0, 0.1) is 0 Å². The summed E-state index contributed by atoms with van der Waals surface area (Å²) in [4.78, 5) is 4.55. The van der Waals surface area contributed by atoms with Crippen LogP contribution in [0.4, 0.5) is 0 Å². The first-order chi connectivity index (χ1) is 13.8. The Hall–Kier alpha value is -2.65. The molecule has 0 fully saturated rings. The van der Waals surface area contributed by atoms with Crippen molar-refractivity contribution in [1.29, 1.82) is 0 Å². The first-order valence-corrected chi connectivity index (χ1v) is 10.4. The van der Waals surface area contributed by atoms with E-state index in [1.54, 1.807) is 36.4 Å². The van der Waals surface area contributed by atoms with Gasteiger partial charge in [-0.25, -0.2) is 18.5 Å². The highest BCUT2D eigenvalue weighted by atomic mass is 35.5. The lowest BCUT2D eigenvalue weighted by atomic mass is 9.97. The molecule has 0 spiro atoms. The number of rotatable bonds is 6. The molecule has 2 aromatic carbocycles. The maximum Gasteiger partial charge on any atom is 0.238 e. The number of aliphatic hydroxyl groups excluding tert-OH is 1. The van der Waals surface area contributed by atoms with Crippen molar-refractivity contribution >= 4 is 21.6 Å². The van der Waals surface area contributed by atoms with Crippen LogP contribution in [0.5, 0.6) is 11.6 Å². The van der Waals surface area contributed by atoms with Gasteiger partial charge in [0.25, 0.3) is 0 Å². The standard InChI is InChI=1S/C20H19ClN2O5S/c1-27-16-8-13(7-15(21)10-16)19-18(9-14(11-24)20(23-19)28-2)12-3-5-17(6-4-12)29(22,25)26/h3-10,24H,11H2,1-2H3,(H2,22,25,26). The molecule has 152 valence electrons. The van der Waals surface area contributed by atoms with Gasteiger partial charge in [0.2, 0.25) is 15.9 Å². The summed E-state index contributed by atoms with van der Waals surface area (Å²) >= 11 is 6.22. The lowest BCUT2D eigenvalue weighted by Gasteiger charge is -2.15. The van der Waals surface area contributed by atoms with E-state index in [9.17, 15) is 13.5 Å². The molecule has 7 nitrogen and oxygen atoms in total. The third kappa shape index (κ3) is 4.51. The number of methoxy groups -OCH3 is 2. The minimum atomic E-state index is -3.81. The first kappa shape index (κ1) is 21.1. The third-order valence-electron chi connectivity index (χ3n) is 4.30. The number of nitrogens with zero attached hydrogens (tertiary/aromatic N) is 1. The van der Waals surface area contributed by atoms with E-state index in [4.69, 9.17) is 26.2 Å². The molecule has 0 saturated carbocycles. The van der Waals surface area contributed by atoms with E-state index < -0.39 is 10.0 Å². The summed E-state index contributed by atoms with van der Waals surface area (Å²) in [5.41, 5.74) is 3.01. The predicted molar refractivity (Wildman–Crippen MR) is 111 cm³/mol. The Labute approximate surface area is 173 Å². The minimum absolute atomic E-state index is 0.00363. The zero-order valence-corrected chi connectivity index (χ0v) is 17.3. The molecule has 9 heteroatoms. The fourth-order valence-electron chi connectivity index (χ4n) is 2.91. The van der Waals surface area contributed by atoms with Crippen molar-refractivity contribution in [1.82, 2.24) is 4.98 Å². The molecule has 29 heavy (non-hydrogen) atoms. The summed E-state index contributed by atoms with van der Waals surface area (Å²) < 4.78 is 33.7. The van der Waals surface area contributed by atoms with E-state index in [-0.39, 0.29) is 17.4 Å². The van der Waals surface area contributed by atoms with E-state index in [1.165, 1.54) is 26.4 Å². The highest BCUT2D eigenvalue weighted by Gasteiger charge is 2.17. The maximum absolute atomic E-state index is 11.5. The van der Waals surface area contributed by atoms with Gasteiger partial charge in [0.15, 0.2) is 0 Å². The summed E-state index contributed by atoms with van der Waals surface area (Å²) in [6.45, 7) is -0.280. The number of pyridine rings is 1. The van der Waals surface area contributed by atoms with E-state index in [0.29, 0.717) is 38.7 Å². The fourth-order valence-corrected chi connectivity index (χ4v) is 3.65. The zero-order chi connectivity index (χ0) is 21.2. The molecular formula is C20H19ClN2O5S. The molecule has 0 amide bonds. The largest absolute Gasteiger partial charge is 0.497 e. The van der Waals surface area contributed by atoms with Crippen molar-refractivity contribution in [2.75, 3.05) is 14.2 Å². The molecular weight excluding hydrogens is 416 g/mol. The van der Waals surface area contributed by atoms with Crippen LogP contribution in [0.3, 0.4) is 0 Å². The van der Waals surface area contributed by atoms with E-state index in [2.05, 4.69) is 4.98 Å². The van der Waals surface area contributed by atoms with Gasteiger partial charge in [-0.3, -0.25) is 0 Å². The summed E-state index contributed by atoms with van der Waals surface area (Å²) in [6, 6.07) is 13.0. The number of benzene rings is 2. The van der Waals surface area contributed by atoms with Crippen LogP contribution in [0.2, 0.25) is 5.02 Å². The van der Waals surface area contributed by atoms with Crippen molar-refractivity contribution in [3.05, 3.63) is 59.1 Å². The van der Waals surface area contributed by atoms with Crippen LogP contribution in [0.1, 0.15) is 5.56 Å². The van der Waals surface area contributed by atoms with Crippen LogP contribution < -0.4 is 14.6 Å². The van der Waals surface area contributed by atoms with Crippen LogP contribution in [-0.4, -0.2) is 32.7 Å². The predicted octanol–water partition coefficient (Wildman–Crippen LogP) is 3.23. The number of primary sulfonamides is 1. The van der Waals surface area contributed by atoms with Gasteiger partial charge in [-0.1, -0.05) is 23.7 Å². The maximum atomic E-state index is 11.5. The van der Waals surface area contributed by atoms with Gasteiger partial charge in [0.05, 0.1) is 31.4 Å². The van der Waals surface area contributed by atoms with Gasteiger partial charge in [0.1, 0.15) is 5.75 Å². The Morgan fingerprint density at radius 2 is 1.72 bits per heavy atom. The molecule has 0 aliphatic heterocycles. The van der Waals surface area contributed by atoms with Crippen LogP contribution in [0.15, 0.2) is 53.4 Å². The molecule has 0 aliphatic carbocycles. The minimum Gasteiger partial charge on any atom is -0.497 e. The topological polar surface area (TPSA) is 112 Å². The van der Waals surface area contributed by atoms with E-state index in [0.717, 1.165) is 0 Å². The number of ether oxygens (including phenoxy) is 2. The molecule has 0 saturated heterocycles. The Kier molecular flexibility index (Phi) is 6.09. The number of halogens is 1. The van der Waals surface area contributed by atoms with Gasteiger partial charge < -0.3 is 14.6 Å². The molecule has 1 aromatic heterocycles. The van der Waals surface area contributed by atoms with Crippen molar-refractivity contribution in [3.8, 4) is 34.0 Å². The van der Waals surface area contributed by atoms with E-state index >= 15 is 0 Å². The summed E-state index contributed by atoms with van der Waals surface area (Å²) in [6.07, 6.45) is 0. The van der Waals surface area contributed by atoms with Gasteiger partial charge in [-0.15, -0.1) is 0 Å². The second kappa shape index (κ2) is 8.38. The summed E-state index contributed by atoms with van der Waals surface area (Å²) in [5.74, 6) is 0.821. The van der Waals surface area contributed by atoms with Crippen molar-refractivity contribution in [3.63, 3.8) is 0 Å². The molecule has 3 rings (SSSR count). The number of hydrogen-bond donors (Lipinski definition) is 2. The zero-order valence-electron chi connectivity index (χ0n) is 15.7. The molecule has 0 aliphatic rings. The number of aromatic nitrogens is 1. The molecule has 0 bridgehead atoms. The number of aliphatic hydroxyl groups is 1. The number of nitrogens with two attached hydrogens (primary N) is 1. The molecule has 0 unspecified atom stereocenters. The second-order valence-electron chi connectivity index (χ2n) is 6.16. The molecule has 0 atom stereocenters. The lowest BCUT2D eigenvalue weighted by molar-refractivity contribution is 0.271.